The quantitative estimate of drug-likeness (QED) is 0.618. The van der Waals surface area contributed by atoms with Crippen LogP contribution in [0.3, 0.4) is 0 Å². The van der Waals surface area contributed by atoms with Crippen LogP contribution < -0.4 is 5.32 Å². The van der Waals surface area contributed by atoms with Crippen LogP contribution in [0, 0.1) is 6.92 Å². The summed E-state index contributed by atoms with van der Waals surface area (Å²) >= 11 is 1.56. The summed E-state index contributed by atoms with van der Waals surface area (Å²) in [5.41, 5.74) is 1.02. The molecule has 24 heavy (non-hydrogen) atoms. The van der Waals surface area contributed by atoms with Gasteiger partial charge < -0.3 is 9.73 Å². The summed E-state index contributed by atoms with van der Waals surface area (Å²) in [6, 6.07) is 5.67. The number of amides is 1. The van der Waals surface area contributed by atoms with Gasteiger partial charge in [0, 0.05) is 18.6 Å². The number of hydrogen-bond acceptors (Lipinski definition) is 6. The molecular formula is C16H13N5O2S. The molecule has 0 spiro atoms. The number of hydrogen-bond donors (Lipinski definition) is 1. The zero-order valence-electron chi connectivity index (χ0n) is 12.8. The number of rotatable bonds is 4. The van der Waals surface area contributed by atoms with Gasteiger partial charge in [0.1, 0.15) is 17.1 Å². The molecule has 0 radical (unpaired) electrons. The van der Waals surface area contributed by atoms with Crippen molar-refractivity contribution in [3.8, 4) is 10.8 Å². The van der Waals surface area contributed by atoms with Gasteiger partial charge in [-0.1, -0.05) is 6.07 Å². The predicted molar refractivity (Wildman–Crippen MR) is 88.7 cm³/mol. The number of imidazole rings is 1. The zero-order valence-corrected chi connectivity index (χ0v) is 13.6. The molecule has 4 aromatic rings. The second-order valence-corrected chi connectivity index (χ2v) is 6.08. The van der Waals surface area contributed by atoms with Crippen molar-refractivity contribution in [2.75, 3.05) is 0 Å². The average molecular weight is 339 g/mol. The summed E-state index contributed by atoms with van der Waals surface area (Å²) in [6.45, 7) is 2.11. The highest BCUT2D eigenvalue weighted by Crippen LogP contribution is 2.25. The SMILES string of the molecule is Cc1oc(-c2cccs2)nc1CNC(=O)c1cn2cccnc2n1. The van der Waals surface area contributed by atoms with E-state index in [0.717, 1.165) is 4.88 Å². The van der Waals surface area contributed by atoms with E-state index < -0.39 is 0 Å². The van der Waals surface area contributed by atoms with Gasteiger partial charge in [-0.15, -0.1) is 11.3 Å². The molecule has 0 unspecified atom stereocenters. The third-order valence-electron chi connectivity index (χ3n) is 3.51. The van der Waals surface area contributed by atoms with E-state index in [1.807, 2.05) is 24.4 Å². The molecule has 0 aromatic carbocycles. The normalized spacial score (nSPS) is 11.0. The van der Waals surface area contributed by atoms with Gasteiger partial charge in [0.15, 0.2) is 0 Å². The Kier molecular flexibility index (Phi) is 3.58. The van der Waals surface area contributed by atoms with E-state index in [0.29, 0.717) is 28.8 Å². The summed E-state index contributed by atoms with van der Waals surface area (Å²) in [5.74, 6) is 1.47. The van der Waals surface area contributed by atoms with Crippen LogP contribution >= 0.6 is 11.3 Å². The van der Waals surface area contributed by atoms with E-state index in [1.165, 1.54) is 0 Å². The van der Waals surface area contributed by atoms with Gasteiger partial charge in [-0.2, -0.15) is 0 Å². The summed E-state index contributed by atoms with van der Waals surface area (Å²) in [4.78, 5) is 26.0. The van der Waals surface area contributed by atoms with Crippen molar-refractivity contribution in [2.45, 2.75) is 13.5 Å². The van der Waals surface area contributed by atoms with Crippen molar-refractivity contribution >= 4 is 23.0 Å². The number of fused-ring (bicyclic) bond motifs is 1. The second-order valence-electron chi connectivity index (χ2n) is 5.13. The molecule has 4 heterocycles. The highest BCUT2D eigenvalue weighted by Gasteiger charge is 2.15. The van der Waals surface area contributed by atoms with Crippen LogP contribution in [0.2, 0.25) is 0 Å². The fourth-order valence-electron chi connectivity index (χ4n) is 2.29. The van der Waals surface area contributed by atoms with Crippen molar-refractivity contribution in [2.24, 2.45) is 0 Å². The van der Waals surface area contributed by atoms with Crippen LogP contribution in [-0.2, 0) is 6.54 Å². The van der Waals surface area contributed by atoms with Gasteiger partial charge in [0.2, 0.25) is 11.7 Å². The number of aryl methyl sites for hydroxylation is 1. The largest absolute Gasteiger partial charge is 0.440 e. The van der Waals surface area contributed by atoms with E-state index in [4.69, 9.17) is 4.42 Å². The Labute approximate surface area is 141 Å². The van der Waals surface area contributed by atoms with Crippen molar-refractivity contribution in [1.29, 1.82) is 0 Å². The lowest BCUT2D eigenvalue weighted by Crippen LogP contribution is -2.23. The third kappa shape index (κ3) is 2.67. The summed E-state index contributed by atoms with van der Waals surface area (Å²) in [7, 11) is 0. The Bertz CT molecular complexity index is 970. The van der Waals surface area contributed by atoms with Crippen LogP contribution in [0.25, 0.3) is 16.5 Å². The van der Waals surface area contributed by atoms with Crippen LogP contribution in [0.1, 0.15) is 21.9 Å². The molecule has 0 aliphatic carbocycles. The molecule has 0 atom stereocenters. The van der Waals surface area contributed by atoms with Crippen molar-refractivity contribution in [3.05, 3.63) is 59.3 Å². The molecule has 0 aliphatic heterocycles. The lowest BCUT2D eigenvalue weighted by Gasteiger charge is -2.00. The van der Waals surface area contributed by atoms with Crippen LogP contribution in [0.5, 0.6) is 0 Å². The van der Waals surface area contributed by atoms with Gasteiger partial charge in [0.25, 0.3) is 5.91 Å². The minimum absolute atomic E-state index is 0.277. The first-order chi connectivity index (χ1) is 11.7. The van der Waals surface area contributed by atoms with Gasteiger partial charge in [-0.25, -0.2) is 15.0 Å². The highest BCUT2D eigenvalue weighted by molar-refractivity contribution is 7.13. The number of nitrogens with zero attached hydrogens (tertiary/aromatic N) is 4. The fourth-order valence-corrected chi connectivity index (χ4v) is 2.94. The number of thiophene rings is 1. The van der Waals surface area contributed by atoms with Crippen LogP contribution in [0.4, 0.5) is 0 Å². The summed E-state index contributed by atoms with van der Waals surface area (Å²) in [6.07, 6.45) is 5.07. The van der Waals surface area contributed by atoms with Gasteiger partial charge in [0.05, 0.1) is 11.4 Å². The molecule has 4 aromatic heterocycles. The molecule has 0 bridgehead atoms. The standard InChI is InChI=1S/C16H13N5O2S/c1-10-11(19-15(23-10)13-4-2-7-24-13)8-18-14(22)12-9-21-6-3-5-17-16(21)20-12/h2-7,9H,8H2,1H3,(H,18,22). The Morgan fingerprint density at radius 1 is 1.38 bits per heavy atom. The zero-order chi connectivity index (χ0) is 16.5. The number of carbonyl (C=O) groups is 1. The van der Waals surface area contributed by atoms with E-state index in [-0.39, 0.29) is 12.5 Å². The molecule has 0 saturated carbocycles. The molecule has 0 saturated heterocycles. The molecule has 4 rings (SSSR count). The minimum atomic E-state index is -0.277. The van der Waals surface area contributed by atoms with Crippen molar-refractivity contribution < 1.29 is 9.21 Å². The van der Waals surface area contributed by atoms with E-state index in [9.17, 15) is 4.79 Å². The summed E-state index contributed by atoms with van der Waals surface area (Å²) < 4.78 is 7.36. The maximum atomic E-state index is 12.3. The molecule has 7 nitrogen and oxygen atoms in total. The molecule has 8 heteroatoms. The third-order valence-corrected chi connectivity index (χ3v) is 4.37. The van der Waals surface area contributed by atoms with Gasteiger partial charge in [-0.3, -0.25) is 9.20 Å². The first-order valence-corrected chi connectivity index (χ1v) is 8.17. The number of aromatic nitrogens is 4. The number of carbonyl (C=O) groups excluding carboxylic acids is 1. The topological polar surface area (TPSA) is 85.3 Å². The Morgan fingerprint density at radius 2 is 2.29 bits per heavy atom. The molecule has 1 N–H and O–H groups in total. The van der Waals surface area contributed by atoms with Crippen LogP contribution in [0.15, 0.2) is 46.6 Å². The lowest BCUT2D eigenvalue weighted by atomic mass is 10.3. The van der Waals surface area contributed by atoms with E-state index in [2.05, 4.69) is 20.3 Å². The van der Waals surface area contributed by atoms with Gasteiger partial charge >= 0.3 is 0 Å². The summed E-state index contributed by atoms with van der Waals surface area (Å²) in [5, 5.41) is 4.78. The molecule has 0 aliphatic rings. The maximum Gasteiger partial charge on any atom is 0.271 e. The van der Waals surface area contributed by atoms with Crippen LogP contribution in [-0.4, -0.2) is 25.3 Å². The Hall–Kier alpha value is -3.00. The fraction of sp³-hybridized carbons (Fsp3) is 0.125. The minimum Gasteiger partial charge on any atom is -0.440 e. The van der Waals surface area contributed by atoms with E-state index in [1.54, 1.807) is 40.4 Å². The number of oxazole rings is 1. The maximum absolute atomic E-state index is 12.3. The number of nitrogens with one attached hydrogen (secondary N) is 1. The highest BCUT2D eigenvalue weighted by atomic mass is 32.1. The van der Waals surface area contributed by atoms with Gasteiger partial charge in [-0.05, 0) is 24.4 Å². The molecule has 1 amide bonds. The first-order valence-electron chi connectivity index (χ1n) is 7.29. The Morgan fingerprint density at radius 3 is 3.08 bits per heavy atom. The Balaban J connectivity index is 1.49. The van der Waals surface area contributed by atoms with Crippen molar-refractivity contribution in [1.82, 2.24) is 24.7 Å². The predicted octanol–water partition coefficient (Wildman–Crippen LogP) is 2.68. The first kappa shape index (κ1) is 14.6. The molecule has 120 valence electrons. The smallest absolute Gasteiger partial charge is 0.271 e. The van der Waals surface area contributed by atoms with Crippen molar-refractivity contribution in [3.63, 3.8) is 0 Å². The second kappa shape index (κ2) is 5.89. The lowest BCUT2D eigenvalue weighted by molar-refractivity contribution is 0.0946. The molecule has 0 fully saturated rings. The van der Waals surface area contributed by atoms with E-state index >= 15 is 0 Å². The molecular weight excluding hydrogens is 326 g/mol. The average Bonchev–Trinajstić information content (AvgIpc) is 3.31. The monoisotopic (exact) mass is 339 g/mol.